The number of hydrogen-bond acceptors (Lipinski definition) is 5. The number of aromatic nitrogens is 2. The molecule has 4 atom stereocenters. The van der Waals surface area contributed by atoms with Crippen LogP contribution in [0.25, 0.3) is 0 Å². The number of aromatic hydroxyl groups is 1. The molecule has 0 amide bonds. The van der Waals surface area contributed by atoms with Gasteiger partial charge in [0.2, 0.25) is 0 Å². The summed E-state index contributed by atoms with van der Waals surface area (Å²) in [5.41, 5.74) is 2.57. The zero-order valence-electron chi connectivity index (χ0n) is 20.1. The predicted octanol–water partition coefficient (Wildman–Crippen LogP) is 3.09. The van der Waals surface area contributed by atoms with E-state index in [0.717, 1.165) is 70.0 Å². The Hall–Kier alpha value is -1.89. The maximum Gasteiger partial charge on any atom is 0.115 e. The van der Waals surface area contributed by atoms with E-state index >= 15 is 0 Å². The fourth-order valence-electron chi connectivity index (χ4n) is 7.27. The van der Waals surface area contributed by atoms with E-state index in [-0.39, 0.29) is 11.5 Å². The maximum atomic E-state index is 12.6. The molecule has 4 aliphatic rings. The first-order valence-electron chi connectivity index (χ1n) is 12.9. The van der Waals surface area contributed by atoms with Crippen LogP contribution in [-0.4, -0.2) is 73.7 Å². The fourth-order valence-corrected chi connectivity index (χ4v) is 7.27. The Kier molecular flexibility index (Phi) is 5.13. The van der Waals surface area contributed by atoms with Crippen LogP contribution in [0.4, 0.5) is 0 Å². The molecule has 0 spiro atoms. The van der Waals surface area contributed by atoms with E-state index in [1.807, 2.05) is 23.7 Å². The smallest absolute Gasteiger partial charge is 0.115 e. The summed E-state index contributed by atoms with van der Waals surface area (Å²) < 4.78 is 2.05. The van der Waals surface area contributed by atoms with E-state index in [9.17, 15) is 10.2 Å². The first-order valence-corrected chi connectivity index (χ1v) is 12.9. The van der Waals surface area contributed by atoms with Crippen molar-refractivity contribution >= 4 is 0 Å². The molecule has 3 fully saturated rings. The molecule has 0 radical (unpaired) electrons. The average molecular weight is 451 g/mol. The minimum absolute atomic E-state index is 0.174. The molecular formula is C27H38N4O2. The lowest BCUT2D eigenvalue weighted by molar-refractivity contribution is -0.149. The van der Waals surface area contributed by atoms with Crippen molar-refractivity contribution in [1.29, 1.82) is 0 Å². The number of phenols is 1. The van der Waals surface area contributed by atoms with Gasteiger partial charge in [-0.2, -0.15) is 5.10 Å². The maximum absolute atomic E-state index is 12.6. The van der Waals surface area contributed by atoms with Gasteiger partial charge in [-0.1, -0.05) is 6.07 Å². The summed E-state index contributed by atoms with van der Waals surface area (Å²) in [7, 11) is 0. The molecule has 33 heavy (non-hydrogen) atoms. The Labute approximate surface area is 197 Å². The Morgan fingerprint density at radius 3 is 2.67 bits per heavy atom. The molecule has 6 nitrogen and oxygen atoms in total. The first kappa shape index (κ1) is 21.6. The third kappa shape index (κ3) is 3.53. The Morgan fingerprint density at radius 1 is 1.12 bits per heavy atom. The molecule has 3 heterocycles. The monoisotopic (exact) mass is 450 g/mol. The molecule has 6 heteroatoms. The van der Waals surface area contributed by atoms with E-state index in [2.05, 4.69) is 40.2 Å². The Morgan fingerprint density at radius 2 is 1.91 bits per heavy atom. The van der Waals surface area contributed by atoms with E-state index in [0.29, 0.717) is 11.8 Å². The molecule has 2 aliphatic heterocycles. The van der Waals surface area contributed by atoms with Gasteiger partial charge >= 0.3 is 0 Å². The van der Waals surface area contributed by atoms with Gasteiger partial charge in [-0.3, -0.25) is 14.5 Å². The van der Waals surface area contributed by atoms with Crippen LogP contribution >= 0.6 is 0 Å². The molecule has 1 aromatic carbocycles. The van der Waals surface area contributed by atoms with Crippen LogP contribution in [0.15, 0.2) is 30.5 Å². The quantitative estimate of drug-likeness (QED) is 0.733. The van der Waals surface area contributed by atoms with E-state index in [1.165, 1.54) is 24.0 Å². The number of phenolic OH excluding ortho intramolecular Hbond substituents is 1. The highest BCUT2D eigenvalue weighted by molar-refractivity contribution is 5.48. The van der Waals surface area contributed by atoms with Gasteiger partial charge in [0, 0.05) is 36.8 Å². The van der Waals surface area contributed by atoms with Gasteiger partial charge in [-0.25, -0.2) is 0 Å². The summed E-state index contributed by atoms with van der Waals surface area (Å²) in [6.07, 6.45) is 8.35. The number of piperidine rings is 1. The second kappa shape index (κ2) is 7.82. The molecule has 1 saturated carbocycles. The summed E-state index contributed by atoms with van der Waals surface area (Å²) in [4.78, 5) is 5.18. The number of fused-ring (bicyclic) bond motifs is 1. The van der Waals surface area contributed by atoms with E-state index < -0.39 is 5.60 Å². The van der Waals surface area contributed by atoms with Crippen molar-refractivity contribution in [3.8, 4) is 5.75 Å². The summed E-state index contributed by atoms with van der Waals surface area (Å²) in [6.45, 7) is 9.26. The lowest BCUT2D eigenvalue weighted by atomic mass is 9.52. The van der Waals surface area contributed by atoms with Crippen molar-refractivity contribution < 1.29 is 10.2 Å². The van der Waals surface area contributed by atoms with Crippen molar-refractivity contribution in [2.45, 2.75) is 82.0 Å². The third-order valence-electron chi connectivity index (χ3n) is 9.31. The van der Waals surface area contributed by atoms with Gasteiger partial charge in [-0.15, -0.1) is 0 Å². The average Bonchev–Trinajstić information content (AvgIpc) is 3.53. The summed E-state index contributed by atoms with van der Waals surface area (Å²) in [5, 5.41) is 27.6. The number of hydrogen-bond donors (Lipinski definition) is 2. The van der Waals surface area contributed by atoms with Gasteiger partial charge in [0.15, 0.2) is 0 Å². The standard InChI is InChI=1S/C27H38N4O2/c1-19-7-11-31(28-19)17-20(2)29-12-8-26-9-13-30(18-21-3-4-21)25(27(26,33)10-14-29)15-22-5-6-23(32)16-24(22)26/h5-7,11,16,20-21,25,32-33H,3-4,8-10,12-15,17-18H2,1-2H3/t20-,25+,26-,27+/m0/s1. The molecule has 0 unspecified atom stereocenters. The largest absolute Gasteiger partial charge is 0.508 e. The predicted molar refractivity (Wildman–Crippen MR) is 128 cm³/mol. The van der Waals surface area contributed by atoms with Gasteiger partial charge in [0.1, 0.15) is 5.75 Å². The minimum Gasteiger partial charge on any atom is -0.508 e. The third-order valence-corrected chi connectivity index (χ3v) is 9.31. The highest BCUT2D eigenvalue weighted by Crippen LogP contribution is 2.56. The zero-order chi connectivity index (χ0) is 22.8. The number of likely N-dealkylation sites (tertiary alicyclic amines) is 2. The number of nitrogens with zero attached hydrogens (tertiary/aromatic N) is 4. The second-order valence-corrected chi connectivity index (χ2v) is 11.3. The summed E-state index contributed by atoms with van der Waals surface area (Å²) in [5.74, 6) is 1.15. The normalized spacial score (nSPS) is 33.2. The van der Waals surface area contributed by atoms with Crippen LogP contribution in [-0.2, 0) is 18.4 Å². The molecular weight excluding hydrogens is 412 g/mol. The van der Waals surface area contributed by atoms with Crippen LogP contribution in [0.1, 0.15) is 55.8 Å². The molecule has 2 N–H and O–H groups in total. The lowest BCUT2D eigenvalue weighted by Gasteiger charge is -2.61. The highest BCUT2D eigenvalue weighted by atomic mass is 16.3. The van der Waals surface area contributed by atoms with Crippen molar-refractivity contribution in [3.05, 3.63) is 47.3 Å². The fraction of sp³-hybridized carbons (Fsp3) is 0.667. The Balaban J connectivity index is 1.33. The molecule has 2 bridgehead atoms. The van der Waals surface area contributed by atoms with Crippen LogP contribution in [0, 0.1) is 12.8 Å². The van der Waals surface area contributed by atoms with Crippen LogP contribution < -0.4 is 0 Å². The first-order chi connectivity index (χ1) is 15.9. The van der Waals surface area contributed by atoms with E-state index in [1.54, 1.807) is 0 Å². The topological polar surface area (TPSA) is 64.8 Å². The van der Waals surface area contributed by atoms with Crippen molar-refractivity contribution in [1.82, 2.24) is 19.6 Å². The van der Waals surface area contributed by atoms with Gasteiger partial charge in [0.25, 0.3) is 0 Å². The van der Waals surface area contributed by atoms with Crippen molar-refractivity contribution in [3.63, 3.8) is 0 Å². The summed E-state index contributed by atoms with van der Waals surface area (Å²) >= 11 is 0. The Bertz CT molecular complexity index is 1030. The summed E-state index contributed by atoms with van der Waals surface area (Å²) in [6, 6.07) is 8.51. The van der Waals surface area contributed by atoms with Crippen molar-refractivity contribution in [2.75, 3.05) is 26.2 Å². The van der Waals surface area contributed by atoms with Crippen LogP contribution in [0.2, 0.25) is 0 Å². The molecule has 6 rings (SSSR count). The van der Waals surface area contributed by atoms with Crippen LogP contribution in [0.5, 0.6) is 5.75 Å². The minimum atomic E-state index is -0.752. The SMILES string of the molecule is Cc1ccn(C[C@H](C)N2CC[C@]34CCN(CC5CC5)[C@H](Cc5ccc(O)cc53)[C@]4(O)CC2)n1. The zero-order valence-corrected chi connectivity index (χ0v) is 20.1. The molecule has 2 saturated heterocycles. The number of aliphatic hydroxyl groups is 1. The lowest BCUT2D eigenvalue weighted by Crippen LogP contribution is -2.71. The molecule has 2 aliphatic carbocycles. The van der Waals surface area contributed by atoms with Gasteiger partial charge < -0.3 is 10.2 Å². The molecule has 1 aromatic heterocycles. The second-order valence-electron chi connectivity index (χ2n) is 11.3. The molecule has 178 valence electrons. The van der Waals surface area contributed by atoms with Crippen LogP contribution in [0.3, 0.4) is 0 Å². The number of rotatable bonds is 5. The highest BCUT2D eigenvalue weighted by Gasteiger charge is 2.63. The van der Waals surface area contributed by atoms with Crippen molar-refractivity contribution in [2.24, 2.45) is 5.92 Å². The van der Waals surface area contributed by atoms with Gasteiger partial charge in [0.05, 0.1) is 17.8 Å². The number of benzene rings is 1. The van der Waals surface area contributed by atoms with E-state index in [4.69, 9.17) is 0 Å². The molecule has 2 aromatic rings. The van der Waals surface area contributed by atoms with Gasteiger partial charge in [-0.05, 0) is 101 Å². The number of aryl methyl sites for hydroxylation is 1.